The Hall–Kier alpha value is -0.970. The summed E-state index contributed by atoms with van der Waals surface area (Å²) in [6, 6.07) is 0. The number of thioether (sulfide) groups is 1. The highest BCUT2D eigenvalue weighted by atomic mass is 32.2. The Bertz CT molecular complexity index is 369. The highest BCUT2D eigenvalue weighted by molar-refractivity contribution is 7.99. The third-order valence-electron chi connectivity index (χ3n) is 1.54. The number of H-pyrrole nitrogens is 2. The van der Waals surface area contributed by atoms with Crippen molar-refractivity contribution in [2.75, 3.05) is 5.75 Å². The molecular formula is C8H12N2O2S. The number of rotatable bonds is 4. The number of hydrogen-bond acceptors (Lipinski definition) is 3. The Kier molecular flexibility index (Phi) is 3.82. The maximum atomic E-state index is 11.1. The molecule has 0 bridgehead atoms. The van der Waals surface area contributed by atoms with Crippen LogP contribution in [0, 0.1) is 0 Å². The Morgan fingerprint density at radius 1 is 1.46 bits per heavy atom. The zero-order valence-corrected chi connectivity index (χ0v) is 8.24. The van der Waals surface area contributed by atoms with Crippen LogP contribution < -0.4 is 11.2 Å². The fourth-order valence-corrected chi connectivity index (χ4v) is 1.81. The lowest BCUT2D eigenvalue weighted by Crippen LogP contribution is -2.22. The molecule has 0 aliphatic rings. The van der Waals surface area contributed by atoms with Gasteiger partial charge in [0.25, 0.3) is 5.56 Å². The molecule has 0 spiro atoms. The van der Waals surface area contributed by atoms with E-state index in [2.05, 4.69) is 16.9 Å². The lowest BCUT2D eigenvalue weighted by atomic mass is 10.4. The molecule has 0 amide bonds. The maximum absolute atomic E-state index is 11.1. The lowest BCUT2D eigenvalue weighted by Gasteiger charge is -1.97. The summed E-state index contributed by atoms with van der Waals surface area (Å²) in [5, 5.41) is 0. The number of hydrogen-bond donors (Lipinski definition) is 2. The van der Waals surface area contributed by atoms with Gasteiger partial charge in [0.1, 0.15) is 0 Å². The molecule has 0 radical (unpaired) electrons. The minimum atomic E-state index is -0.454. The quantitative estimate of drug-likeness (QED) is 0.562. The van der Waals surface area contributed by atoms with Crippen molar-refractivity contribution in [1.29, 1.82) is 0 Å². The summed E-state index contributed by atoms with van der Waals surface area (Å²) in [6.45, 7) is 2.09. The molecule has 5 heteroatoms. The first-order valence-electron chi connectivity index (χ1n) is 4.19. The molecule has 13 heavy (non-hydrogen) atoms. The molecule has 0 aliphatic carbocycles. The predicted molar refractivity (Wildman–Crippen MR) is 53.3 cm³/mol. The highest BCUT2D eigenvalue weighted by Gasteiger charge is 1.99. The minimum Gasteiger partial charge on any atom is -0.313 e. The summed E-state index contributed by atoms with van der Waals surface area (Å²) < 4.78 is 0. The van der Waals surface area contributed by atoms with E-state index in [-0.39, 0.29) is 5.56 Å². The first-order valence-corrected chi connectivity index (χ1v) is 5.17. The summed E-state index contributed by atoms with van der Waals surface area (Å²) >= 11 is 1.47. The second-order valence-electron chi connectivity index (χ2n) is 2.64. The Morgan fingerprint density at radius 2 is 2.23 bits per heavy atom. The molecule has 2 N–H and O–H groups in total. The van der Waals surface area contributed by atoms with Gasteiger partial charge in [0.2, 0.25) is 0 Å². The molecule has 0 saturated carbocycles. The van der Waals surface area contributed by atoms with E-state index in [9.17, 15) is 9.59 Å². The van der Waals surface area contributed by atoms with Crippen LogP contribution in [-0.4, -0.2) is 15.7 Å². The van der Waals surface area contributed by atoms with Crippen molar-refractivity contribution in [3.05, 3.63) is 27.0 Å². The van der Waals surface area contributed by atoms with Crippen molar-refractivity contribution in [3.8, 4) is 0 Å². The van der Waals surface area contributed by atoms with Gasteiger partial charge in [-0.3, -0.25) is 9.78 Å². The van der Waals surface area contributed by atoms with Gasteiger partial charge in [-0.15, -0.1) is 11.8 Å². The topological polar surface area (TPSA) is 65.7 Å². The molecule has 4 nitrogen and oxygen atoms in total. The Labute approximate surface area is 79.8 Å². The van der Waals surface area contributed by atoms with Crippen molar-refractivity contribution in [3.63, 3.8) is 0 Å². The van der Waals surface area contributed by atoms with Crippen LogP contribution >= 0.6 is 11.8 Å². The third kappa shape index (κ3) is 3.10. The van der Waals surface area contributed by atoms with Crippen molar-refractivity contribution < 1.29 is 0 Å². The molecule has 0 saturated heterocycles. The summed E-state index contributed by atoms with van der Waals surface area (Å²) in [4.78, 5) is 27.0. The first-order chi connectivity index (χ1) is 6.24. The van der Waals surface area contributed by atoms with Gasteiger partial charge in [0.05, 0.1) is 4.90 Å². The maximum Gasteiger partial charge on any atom is 0.325 e. The summed E-state index contributed by atoms with van der Waals surface area (Å²) in [6.07, 6.45) is 3.64. The molecule has 1 rings (SSSR count). The molecule has 0 fully saturated rings. The first kappa shape index (κ1) is 10.1. The van der Waals surface area contributed by atoms with Gasteiger partial charge >= 0.3 is 5.69 Å². The molecule has 1 aromatic rings. The zero-order chi connectivity index (χ0) is 9.68. The summed E-state index contributed by atoms with van der Waals surface area (Å²) in [5.74, 6) is 0.908. The lowest BCUT2D eigenvalue weighted by molar-refractivity contribution is 0.893. The van der Waals surface area contributed by atoms with E-state index in [1.807, 2.05) is 0 Å². The second kappa shape index (κ2) is 4.91. The van der Waals surface area contributed by atoms with Crippen LogP contribution in [0.5, 0.6) is 0 Å². The average Bonchev–Trinajstić information content (AvgIpc) is 2.09. The van der Waals surface area contributed by atoms with E-state index in [4.69, 9.17) is 0 Å². The van der Waals surface area contributed by atoms with Gasteiger partial charge in [-0.25, -0.2) is 4.79 Å². The molecule has 0 aromatic carbocycles. The van der Waals surface area contributed by atoms with E-state index < -0.39 is 5.69 Å². The van der Waals surface area contributed by atoms with Gasteiger partial charge in [0, 0.05) is 6.20 Å². The van der Waals surface area contributed by atoms with Crippen molar-refractivity contribution in [2.45, 2.75) is 24.7 Å². The number of aromatic nitrogens is 2. The van der Waals surface area contributed by atoms with Crippen LogP contribution in [0.15, 0.2) is 20.7 Å². The van der Waals surface area contributed by atoms with Gasteiger partial charge in [0.15, 0.2) is 0 Å². The molecular weight excluding hydrogens is 188 g/mol. The van der Waals surface area contributed by atoms with E-state index in [1.54, 1.807) is 0 Å². The van der Waals surface area contributed by atoms with Gasteiger partial charge in [-0.05, 0) is 12.2 Å². The van der Waals surface area contributed by atoms with Crippen LogP contribution in [-0.2, 0) is 0 Å². The largest absolute Gasteiger partial charge is 0.325 e. The fraction of sp³-hybridized carbons (Fsp3) is 0.500. The van der Waals surface area contributed by atoms with Crippen molar-refractivity contribution in [2.24, 2.45) is 0 Å². The Balaban J connectivity index is 2.67. The smallest absolute Gasteiger partial charge is 0.313 e. The number of unbranched alkanes of at least 4 members (excludes halogenated alkanes) is 1. The zero-order valence-electron chi connectivity index (χ0n) is 7.42. The van der Waals surface area contributed by atoms with Crippen LogP contribution in [0.25, 0.3) is 0 Å². The second-order valence-corrected chi connectivity index (χ2v) is 3.77. The fourth-order valence-electron chi connectivity index (χ4n) is 0.831. The van der Waals surface area contributed by atoms with E-state index in [1.165, 1.54) is 18.0 Å². The normalized spacial score (nSPS) is 10.2. The van der Waals surface area contributed by atoms with Crippen molar-refractivity contribution >= 4 is 11.8 Å². The van der Waals surface area contributed by atoms with Gasteiger partial charge < -0.3 is 4.98 Å². The molecule has 0 aliphatic heterocycles. The summed E-state index contributed by atoms with van der Waals surface area (Å²) in [7, 11) is 0. The van der Waals surface area contributed by atoms with E-state index in [0.29, 0.717) is 4.90 Å². The molecule has 0 atom stereocenters. The molecule has 1 heterocycles. The molecule has 72 valence electrons. The van der Waals surface area contributed by atoms with Crippen LogP contribution in [0.4, 0.5) is 0 Å². The SMILES string of the molecule is CCCCSc1c[nH]c(=O)[nH]c1=O. The molecule has 1 aromatic heterocycles. The van der Waals surface area contributed by atoms with Gasteiger partial charge in [-0.2, -0.15) is 0 Å². The predicted octanol–water partition coefficient (Wildman–Crippen LogP) is 0.955. The standard InChI is InChI=1S/C8H12N2O2S/c1-2-3-4-13-6-5-9-8(12)10-7(6)11/h5H,2-4H2,1H3,(H2,9,10,11,12). The number of aromatic amines is 2. The molecule has 0 unspecified atom stereocenters. The number of nitrogens with one attached hydrogen (secondary N) is 2. The van der Waals surface area contributed by atoms with Crippen molar-refractivity contribution in [1.82, 2.24) is 9.97 Å². The monoisotopic (exact) mass is 200 g/mol. The summed E-state index contributed by atoms with van der Waals surface area (Å²) in [5.41, 5.74) is -0.755. The Morgan fingerprint density at radius 3 is 2.85 bits per heavy atom. The van der Waals surface area contributed by atoms with Crippen LogP contribution in [0.3, 0.4) is 0 Å². The van der Waals surface area contributed by atoms with Crippen LogP contribution in [0.2, 0.25) is 0 Å². The highest BCUT2D eigenvalue weighted by Crippen LogP contribution is 2.12. The van der Waals surface area contributed by atoms with E-state index >= 15 is 0 Å². The van der Waals surface area contributed by atoms with Gasteiger partial charge in [-0.1, -0.05) is 13.3 Å². The third-order valence-corrected chi connectivity index (χ3v) is 2.65. The minimum absolute atomic E-state index is 0.301. The van der Waals surface area contributed by atoms with Crippen LogP contribution in [0.1, 0.15) is 19.8 Å². The average molecular weight is 200 g/mol. The van der Waals surface area contributed by atoms with E-state index in [0.717, 1.165) is 18.6 Å².